The van der Waals surface area contributed by atoms with E-state index >= 15 is 0 Å². The molecule has 0 aliphatic rings. The van der Waals surface area contributed by atoms with Gasteiger partial charge >= 0.3 is 18.0 Å². The zero-order chi connectivity index (χ0) is 13.4. The zero-order valence-corrected chi connectivity index (χ0v) is 9.44. The fourth-order valence-corrected chi connectivity index (χ4v) is 0.715. The second kappa shape index (κ2) is 6.99. The van der Waals surface area contributed by atoms with Crippen LogP contribution in [0.25, 0.3) is 0 Å². The van der Waals surface area contributed by atoms with Gasteiger partial charge in [0.15, 0.2) is 0 Å². The fraction of sp³-hybridized carbons (Fsp3) is 0.333. The van der Waals surface area contributed by atoms with Crippen molar-refractivity contribution < 1.29 is 33.4 Å². The van der Waals surface area contributed by atoms with E-state index in [-0.39, 0.29) is 0 Å². The van der Waals surface area contributed by atoms with Crippen molar-refractivity contribution >= 4 is 23.9 Å². The molecule has 0 fully saturated rings. The molecular weight excluding hydrogens is 234 g/mol. The van der Waals surface area contributed by atoms with E-state index in [0.29, 0.717) is 6.08 Å². The van der Waals surface area contributed by atoms with E-state index in [0.717, 1.165) is 21.3 Å². The van der Waals surface area contributed by atoms with Crippen molar-refractivity contribution in [3.8, 4) is 0 Å². The standard InChI is InChI=1S/C9H11NO7/c1-15-6(11)4-5(8(13)16-2)7(12)10-9(14)17-3/h4H,1-3H3,(H,10,12,14)/b5-4+. The summed E-state index contributed by atoms with van der Waals surface area (Å²) in [6.45, 7) is 0. The fourth-order valence-electron chi connectivity index (χ4n) is 0.715. The van der Waals surface area contributed by atoms with E-state index in [2.05, 4.69) is 14.2 Å². The van der Waals surface area contributed by atoms with Gasteiger partial charge in [-0.2, -0.15) is 0 Å². The van der Waals surface area contributed by atoms with Crippen LogP contribution >= 0.6 is 0 Å². The van der Waals surface area contributed by atoms with Gasteiger partial charge in [0.25, 0.3) is 5.91 Å². The molecule has 0 rings (SSSR count). The van der Waals surface area contributed by atoms with Gasteiger partial charge in [-0.3, -0.25) is 10.1 Å². The molecule has 17 heavy (non-hydrogen) atoms. The third kappa shape index (κ3) is 4.78. The minimum atomic E-state index is -1.13. The molecule has 0 aromatic heterocycles. The first-order valence-electron chi connectivity index (χ1n) is 4.23. The maximum Gasteiger partial charge on any atom is 0.413 e. The minimum Gasteiger partial charge on any atom is -0.466 e. The van der Waals surface area contributed by atoms with Gasteiger partial charge in [0, 0.05) is 6.08 Å². The summed E-state index contributed by atoms with van der Waals surface area (Å²) >= 11 is 0. The van der Waals surface area contributed by atoms with E-state index in [4.69, 9.17) is 0 Å². The summed E-state index contributed by atoms with van der Waals surface area (Å²) in [7, 11) is 3.11. The highest BCUT2D eigenvalue weighted by Gasteiger charge is 2.22. The molecule has 1 N–H and O–H groups in total. The molecule has 94 valence electrons. The normalized spacial score (nSPS) is 10.2. The number of imide groups is 1. The molecule has 0 spiro atoms. The van der Waals surface area contributed by atoms with Gasteiger partial charge in [-0.1, -0.05) is 0 Å². The average molecular weight is 245 g/mol. The molecule has 0 heterocycles. The molecule has 0 aliphatic heterocycles. The third-order valence-corrected chi connectivity index (χ3v) is 1.51. The number of rotatable bonds is 3. The van der Waals surface area contributed by atoms with Crippen molar-refractivity contribution in [2.45, 2.75) is 0 Å². The summed E-state index contributed by atoms with van der Waals surface area (Å²) in [6.07, 6.45) is -0.473. The molecule has 0 aromatic carbocycles. The highest BCUT2D eigenvalue weighted by Crippen LogP contribution is 1.99. The zero-order valence-electron chi connectivity index (χ0n) is 9.44. The number of methoxy groups -OCH3 is 3. The summed E-state index contributed by atoms with van der Waals surface area (Å²) in [6, 6.07) is 0. The van der Waals surface area contributed by atoms with Crippen LogP contribution in [-0.4, -0.2) is 45.3 Å². The smallest absolute Gasteiger partial charge is 0.413 e. The lowest BCUT2D eigenvalue weighted by Crippen LogP contribution is -2.34. The van der Waals surface area contributed by atoms with Crippen LogP contribution in [0.1, 0.15) is 0 Å². The summed E-state index contributed by atoms with van der Waals surface area (Å²) in [5, 5.41) is 1.70. The Morgan fingerprint density at radius 3 is 1.94 bits per heavy atom. The van der Waals surface area contributed by atoms with Gasteiger partial charge in [-0.15, -0.1) is 0 Å². The van der Waals surface area contributed by atoms with Gasteiger partial charge in [0.2, 0.25) is 0 Å². The number of amides is 2. The lowest BCUT2D eigenvalue weighted by molar-refractivity contribution is -0.140. The Labute approximate surface area is 96.5 Å². The molecular formula is C9H11NO7. The van der Waals surface area contributed by atoms with E-state index in [1.165, 1.54) is 0 Å². The van der Waals surface area contributed by atoms with Crippen LogP contribution in [0.4, 0.5) is 4.79 Å². The summed E-state index contributed by atoms with van der Waals surface area (Å²) in [5.74, 6) is -3.16. The highest BCUT2D eigenvalue weighted by molar-refractivity contribution is 6.21. The lowest BCUT2D eigenvalue weighted by Gasteiger charge is -2.04. The predicted octanol–water partition coefficient (Wildman–Crippen LogP) is -0.859. The first-order valence-corrected chi connectivity index (χ1v) is 4.23. The second-order valence-corrected chi connectivity index (χ2v) is 2.52. The van der Waals surface area contributed by atoms with Crippen molar-refractivity contribution in [2.24, 2.45) is 0 Å². The van der Waals surface area contributed by atoms with Crippen LogP contribution in [0.15, 0.2) is 11.6 Å². The molecule has 2 amide bonds. The molecule has 0 atom stereocenters. The van der Waals surface area contributed by atoms with Gasteiger partial charge < -0.3 is 14.2 Å². The number of alkyl carbamates (subject to hydrolysis) is 1. The number of hydrogen-bond donors (Lipinski definition) is 1. The van der Waals surface area contributed by atoms with E-state index in [9.17, 15) is 19.2 Å². The number of ether oxygens (including phenoxy) is 3. The quantitative estimate of drug-likeness (QED) is 0.226. The van der Waals surface area contributed by atoms with Crippen LogP contribution in [-0.2, 0) is 28.6 Å². The number of carbonyl (C=O) groups excluding carboxylic acids is 4. The molecule has 0 bridgehead atoms. The van der Waals surface area contributed by atoms with Crippen LogP contribution < -0.4 is 5.32 Å². The number of hydrogen-bond acceptors (Lipinski definition) is 7. The first-order chi connectivity index (χ1) is 7.96. The first kappa shape index (κ1) is 14.6. The largest absolute Gasteiger partial charge is 0.466 e. The minimum absolute atomic E-state index is 0.601. The van der Waals surface area contributed by atoms with Gasteiger partial charge in [-0.05, 0) is 0 Å². The maximum atomic E-state index is 11.4. The number of carbonyl (C=O) groups is 4. The van der Waals surface area contributed by atoms with Crippen molar-refractivity contribution in [3.05, 3.63) is 11.6 Å². The number of esters is 2. The molecule has 0 unspecified atom stereocenters. The summed E-state index contributed by atoms with van der Waals surface area (Å²) < 4.78 is 12.7. The SMILES string of the molecule is COC(=O)/C=C(\C(=O)NC(=O)OC)C(=O)OC. The molecule has 8 nitrogen and oxygen atoms in total. The van der Waals surface area contributed by atoms with Crippen molar-refractivity contribution in [2.75, 3.05) is 21.3 Å². The molecule has 0 radical (unpaired) electrons. The molecule has 0 aliphatic carbocycles. The third-order valence-electron chi connectivity index (χ3n) is 1.51. The highest BCUT2D eigenvalue weighted by atomic mass is 16.5. The van der Waals surface area contributed by atoms with E-state index in [1.807, 2.05) is 0 Å². The Morgan fingerprint density at radius 2 is 1.53 bits per heavy atom. The van der Waals surface area contributed by atoms with Crippen molar-refractivity contribution in [3.63, 3.8) is 0 Å². The van der Waals surface area contributed by atoms with Crippen LogP contribution in [0.3, 0.4) is 0 Å². The lowest BCUT2D eigenvalue weighted by atomic mass is 10.2. The molecule has 0 aromatic rings. The number of nitrogens with one attached hydrogen (secondary N) is 1. The van der Waals surface area contributed by atoms with Crippen molar-refractivity contribution in [1.29, 1.82) is 0 Å². The van der Waals surface area contributed by atoms with Gasteiger partial charge in [0.05, 0.1) is 21.3 Å². The predicted molar refractivity (Wildman–Crippen MR) is 52.7 cm³/mol. The van der Waals surface area contributed by atoms with Crippen LogP contribution in [0, 0.1) is 0 Å². The molecule has 0 saturated heterocycles. The monoisotopic (exact) mass is 245 g/mol. The Bertz CT molecular complexity index is 372. The van der Waals surface area contributed by atoms with Gasteiger partial charge in [-0.25, -0.2) is 14.4 Å². The van der Waals surface area contributed by atoms with Gasteiger partial charge in [0.1, 0.15) is 5.57 Å². The Kier molecular flexibility index (Phi) is 6.01. The van der Waals surface area contributed by atoms with E-state index in [1.54, 1.807) is 5.32 Å². The average Bonchev–Trinajstić information content (AvgIpc) is 2.33. The Hall–Kier alpha value is -2.38. The summed E-state index contributed by atoms with van der Waals surface area (Å²) in [4.78, 5) is 44.2. The topological polar surface area (TPSA) is 108 Å². The molecule has 8 heteroatoms. The second-order valence-electron chi connectivity index (χ2n) is 2.52. The van der Waals surface area contributed by atoms with Crippen LogP contribution in [0.5, 0.6) is 0 Å². The molecule has 0 saturated carbocycles. The van der Waals surface area contributed by atoms with Crippen molar-refractivity contribution in [1.82, 2.24) is 5.32 Å². The Balaban J connectivity index is 5.00. The Morgan fingerprint density at radius 1 is 0.941 bits per heavy atom. The maximum absolute atomic E-state index is 11.4. The summed E-state index contributed by atoms with van der Waals surface area (Å²) in [5.41, 5.74) is -0.676. The van der Waals surface area contributed by atoms with E-state index < -0.39 is 29.5 Å². The van der Waals surface area contributed by atoms with Crippen LogP contribution in [0.2, 0.25) is 0 Å².